The van der Waals surface area contributed by atoms with Crippen molar-refractivity contribution in [3.05, 3.63) is 53.6 Å². The first-order valence-electron chi connectivity index (χ1n) is 15.2. The minimum absolute atomic E-state index is 0.0103. The fourth-order valence-corrected chi connectivity index (χ4v) is 5.98. The molecule has 2 aromatic carbocycles. The largest absolute Gasteiger partial charge is 0.507 e. The highest BCUT2D eigenvalue weighted by Crippen LogP contribution is 2.43. The van der Waals surface area contributed by atoms with Crippen molar-refractivity contribution < 1.29 is 83.9 Å². The molecule has 12 atom stereocenters. The zero-order valence-corrected chi connectivity index (χ0v) is 25.3. The van der Waals surface area contributed by atoms with Crippen LogP contribution in [-0.4, -0.2) is 151 Å². The number of hydrogen-bond donors (Lipinski definition) is 9. The van der Waals surface area contributed by atoms with Crippen LogP contribution in [0, 0.1) is 0 Å². The Morgan fingerprint density at radius 2 is 1.56 bits per heavy atom. The van der Waals surface area contributed by atoms with Gasteiger partial charge in [-0.15, -0.1) is 0 Å². The van der Waals surface area contributed by atoms with Gasteiger partial charge in [0.2, 0.25) is 6.29 Å². The molecule has 17 heteroatoms. The van der Waals surface area contributed by atoms with E-state index in [2.05, 4.69) is 0 Å². The Labute approximate surface area is 273 Å². The topological polar surface area (TPSA) is 264 Å². The molecule has 264 valence electrons. The Balaban J connectivity index is 1.18. The number of benzene rings is 2. The first-order chi connectivity index (χ1) is 22.9. The van der Waals surface area contributed by atoms with E-state index in [9.17, 15) is 50.8 Å². The molecule has 2 aromatic rings. The summed E-state index contributed by atoms with van der Waals surface area (Å²) in [4.78, 5) is 12.9. The summed E-state index contributed by atoms with van der Waals surface area (Å²) in [6, 6.07) is 11.4. The molecule has 0 spiro atoms. The van der Waals surface area contributed by atoms with Crippen LogP contribution in [-0.2, 0) is 23.7 Å². The Morgan fingerprint density at radius 3 is 2.25 bits per heavy atom. The SMILES string of the molecule is O=C1C[C@@H](c2ccccc2)Oc2cc(O[C@@H]3O[C@H](CO)[C@@H](O)[C@H](O)[C@H]3O[C@@H]3OC[C@](O)(CO[C@@H]4OC[C@](O)(CO)[C@H]4O)[C@H]3O)cc(O)c21. The van der Waals surface area contributed by atoms with Crippen molar-refractivity contribution in [2.45, 2.75) is 79.2 Å². The summed E-state index contributed by atoms with van der Waals surface area (Å²) in [5, 5.41) is 93.7. The van der Waals surface area contributed by atoms with E-state index in [0.717, 1.165) is 11.6 Å². The number of fused-ring (bicyclic) bond motifs is 1. The number of phenolic OH excluding ortho intramolecular Hbond substituents is 1. The lowest BCUT2D eigenvalue weighted by molar-refractivity contribution is -0.319. The van der Waals surface area contributed by atoms with Crippen molar-refractivity contribution in [3.63, 3.8) is 0 Å². The van der Waals surface area contributed by atoms with Crippen molar-refractivity contribution in [1.29, 1.82) is 0 Å². The van der Waals surface area contributed by atoms with Crippen LogP contribution in [0.3, 0.4) is 0 Å². The molecule has 4 aliphatic heterocycles. The van der Waals surface area contributed by atoms with Crippen LogP contribution >= 0.6 is 0 Å². The molecule has 9 N–H and O–H groups in total. The Morgan fingerprint density at radius 1 is 0.875 bits per heavy atom. The zero-order chi connectivity index (χ0) is 34.4. The molecule has 4 aliphatic rings. The van der Waals surface area contributed by atoms with Gasteiger partial charge in [-0.05, 0) is 5.56 Å². The van der Waals surface area contributed by atoms with Crippen molar-refractivity contribution in [1.82, 2.24) is 0 Å². The van der Waals surface area contributed by atoms with Crippen molar-refractivity contribution in [3.8, 4) is 17.2 Å². The number of carbonyl (C=O) groups is 1. The summed E-state index contributed by atoms with van der Waals surface area (Å²) in [5.74, 6) is -0.927. The molecule has 17 nitrogen and oxygen atoms in total. The summed E-state index contributed by atoms with van der Waals surface area (Å²) in [7, 11) is 0. The molecule has 0 amide bonds. The second-order valence-corrected chi connectivity index (χ2v) is 12.3. The standard InChI is InChI=1S/C31H38O17/c32-9-20-22(36)23(37)24(48-29-26(39)31(41,13-44-29)12-43-28-25(38)30(40,10-33)11-42-28)27(47-20)45-15-6-16(34)21-17(35)8-18(46-19(21)7-15)14-4-2-1-3-5-14/h1-7,18,20,22-29,32-34,36-41H,8-13H2/t18-,20+,22+,23-,24+,25-,26-,27+,28-,29-,30+,31+/m0/s1. The van der Waals surface area contributed by atoms with E-state index in [1.54, 1.807) is 24.3 Å². The number of carbonyl (C=O) groups excluding carboxylic acids is 1. The van der Waals surface area contributed by atoms with Gasteiger partial charge in [0.15, 0.2) is 24.5 Å². The Kier molecular flexibility index (Phi) is 9.95. The van der Waals surface area contributed by atoms with Crippen LogP contribution < -0.4 is 9.47 Å². The van der Waals surface area contributed by atoms with E-state index >= 15 is 0 Å². The highest BCUT2D eigenvalue weighted by molar-refractivity contribution is 6.02. The first kappa shape index (κ1) is 34.8. The zero-order valence-electron chi connectivity index (χ0n) is 25.3. The first-order valence-corrected chi connectivity index (χ1v) is 15.2. The number of Topliss-reactive ketones (excluding diaryl/α,β-unsaturated/α-hetero) is 1. The lowest BCUT2D eigenvalue weighted by atomic mass is 9.95. The van der Waals surface area contributed by atoms with Crippen molar-refractivity contribution >= 4 is 5.78 Å². The molecule has 4 heterocycles. The van der Waals surface area contributed by atoms with Crippen LogP contribution in [0.1, 0.15) is 28.4 Å². The predicted octanol–water partition coefficient (Wildman–Crippen LogP) is -2.79. The Bertz CT molecular complexity index is 1440. The smallest absolute Gasteiger partial charge is 0.229 e. The van der Waals surface area contributed by atoms with E-state index in [4.69, 9.17) is 33.2 Å². The molecule has 3 saturated heterocycles. The number of ketones is 1. The number of aliphatic hydroxyl groups is 8. The average Bonchev–Trinajstić information content (AvgIpc) is 3.53. The number of aromatic hydroxyl groups is 1. The predicted molar refractivity (Wildman–Crippen MR) is 155 cm³/mol. The molecular formula is C31H38O17. The molecule has 6 rings (SSSR count). The fraction of sp³-hybridized carbons (Fsp3) is 0.581. The number of hydrogen-bond acceptors (Lipinski definition) is 17. The summed E-state index contributed by atoms with van der Waals surface area (Å²) < 4.78 is 39.3. The highest BCUT2D eigenvalue weighted by Gasteiger charge is 2.55. The summed E-state index contributed by atoms with van der Waals surface area (Å²) in [5.41, 5.74) is -3.46. The lowest BCUT2D eigenvalue weighted by Gasteiger charge is -2.42. The maximum Gasteiger partial charge on any atom is 0.229 e. The van der Waals surface area contributed by atoms with E-state index in [1.165, 1.54) is 6.07 Å². The van der Waals surface area contributed by atoms with E-state index in [0.29, 0.717) is 0 Å². The molecule has 0 bridgehead atoms. The maximum absolute atomic E-state index is 12.9. The van der Waals surface area contributed by atoms with Gasteiger partial charge in [0.1, 0.15) is 70.6 Å². The van der Waals surface area contributed by atoms with Crippen LogP contribution in [0.2, 0.25) is 0 Å². The summed E-state index contributed by atoms with van der Waals surface area (Å²) >= 11 is 0. The molecule has 0 saturated carbocycles. The van der Waals surface area contributed by atoms with Gasteiger partial charge in [-0.3, -0.25) is 4.79 Å². The quantitative estimate of drug-likeness (QED) is 0.123. The number of rotatable bonds is 10. The number of aliphatic hydroxyl groups excluding tert-OH is 6. The van der Waals surface area contributed by atoms with Crippen LogP contribution in [0.4, 0.5) is 0 Å². The van der Waals surface area contributed by atoms with Gasteiger partial charge < -0.3 is 79.1 Å². The monoisotopic (exact) mass is 682 g/mol. The molecule has 0 aliphatic carbocycles. The van der Waals surface area contributed by atoms with Gasteiger partial charge in [0.05, 0.1) is 39.5 Å². The molecule has 3 fully saturated rings. The normalized spacial score (nSPS) is 39.6. The average molecular weight is 683 g/mol. The third-order valence-electron chi connectivity index (χ3n) is 8.90. The Hall–Kier alpha value is -3.01. The van der Waals surface area contributed by atoms with E-state index in [1.807, 2.05) is 6.07 Å². The highest BCUT2D eigenvalue weighted by atomic mass is 16.8. The van der Waals surface area contributed by atoms with Crippen LogP contribution in [0.15, 0.2) is 42.5 Å². The van der Waals surface area contributed by atoms with Gasteiger partial charge in [-0.2, -0.15) is 0 Å². The van der Waals surface area contributed by atoms with Gasteiger partial charge in [0.25, 0.3) is 0 Å². The maximum atomic E-state index is 12.9. The van der Waals surface area contributed by atoms with Crippen molar-refractivity contribution in [2.24, 2.45) is 0 Å². The number of ether oxygens (including phenoxy) is 7. The molecule has 0 radical (unpaired) electrons. The second-order valence-electron chi connectivity index (χ2n) is 12.3. The molecule has 0 aromatic heterocycles. The van der Waals surface area contributed by atoms with Crippen molar-refractivity contribution in [2.75, 3.05) is 33.0 Å². The molecule has 48 heavy (non-hydrogen) atoms. The molecular weight excluding hydrogens is 644 g/mol. The lowest BCUT2D eigenvalue weighted by Crippen LogP contribution is -2.62. The van der Waals surface area contributed by atoms with E-state index < -0.39 is 112 Å². The summed E-state index contributed by atoms with van der Waals surface area (Å²) in [6.45, 7) is -3.27. The van der Waals surface area contributed by atoms with Gasteiger partial charge in [0, 0.05) is 12.1 Å². The minimum atomic E-state index is -2.15. The number of phenols is 1. The van der Waals surface area contributed by atoms with Gasteiger partial charge in [-0.25, -0.2) is 0 Å². The fourth-order valence-electron chi connectivity index (χ4n) is 5.98. The minimum Gasteiger partial charge on any atom is -0.507 e. The third kappa shape index (κ3) is 6.50. The summed E-state index contributed by atoms with van der Waals surface area (Å²) in [6.07, 6.45) is -15.4. The van der Waals surface area contributed by atoms with E-state index in [-0.39, 0.29) is 29.3 Å². The van der Waals surface area contributed by atoms with Crippen LogP contribution in [0.5, 0.6) is 17.2 Å². The van der Waals surface area contributed by atoms with Crippen LogP contribution in [0.25, 0.3) is 0 Å². The van der Waals surface area contributed by atoms with Gasteiger partial charge in [-0.1, -0.05) is 30.3 Å². The van der Waals surface area contributed by atoms with Gasteiger partial charge >= 0.3 is 0 Å². The molecule has 0 unspecified atom stereocenters. The third-order valence-corrected chi connectivity index (χ3v) is 8.90. The second kappa shape index (κ2) is 13.7.